The number of hydrogen-bond donors (Lipinski definition) is 1. The first-order chi connectivity index (χ1) is 15.1. The maximum Gasteiger partial charge on any atom is 0.0387 e. The highest BCUT2D eigenvalue weighted by atomic mass is 14.9. The van der Waals surface area contributed by atoms with E-state index >= 15 is 0 Å². The number of fused-ring (bicyclic) bond motifs is 6. The number of hydrogen-bond acceptors (Lipinski definition) is 1. The quantitative estimate of drug-likeness (QED) is 0.421. The lowest BCUT2D eigenvalue weighted by atomic mass is 9.79. The minimum Gasteiger partial charge on any atom is -0.356 e. The second kappa shape index (κ2) is 6.84. The molecule has 0 saturated carbocycles. The normalized spacial score (nSPS) is 16.3. The summed E-state index contributed by atoms with van der Waals surface area (Å²) in [5, 5.41) is 3.44. The molecule has 0 atom stereocenters. The number of rotatable bonds is 4. The molecule has 0 spiro atoms. The van der Waals surface area contributed by atoms with Crippen molar-refractivity contribution < 1.29 is 0 Å². The molecule has 160 valence electrons. The van der Waals surface area contributed by atoms with E-state index in [0.29, 0.717) is 0 Å². The van der Waals surface area contributed by atoms with Crippen LogP contribution in [0.3, 0.4) is 0 Å². The predicted octanol–water partition coefficient (Wildman–Crippen LogP) is 8.36. The fourth-order valence-electron chi connectivity index (χ4n) is 5.48. The van der Waals surface area contributed by atoms with Crippen molar-refractivity contribution in [3.8, 4) is 22.3 Å². The van der Waals surface area contributed by atoms with Crippen molar-refractivity contribution in [1.82, 2.24) is 0 Å². The Balaban J connectivity index is 1.60. The van der Waals surface area contributed by atoms with Crippen molar-refractivity contribution in [2.75, 3.05) is 5.32 Å². The average molecular weight is 418 g/mol. The lowest BCUT2D eigenvalue weighted by Crippen LogP contribution is -2.17. The molecular weight excluding hydrogens is 386 g/mol. The lowest BCUT2D eigenvalue weighted by Gasteiger charge is -2.24. The molecule has 0 amide bonds. The van der Waals surface area contributed by atoms with Crippen molar-refractivity contribution >= 4 is 5.69 Å². The van der Waals surface area contributed by atoms with Gasteiger partial charge in [0.2, 0.25) is 0 Å². The second-order valence-corrected chi connectivity index (χ2v) is 10.3. The first-order valence-corrected chi connectivity index (χ1v) is 11.3. The van der Waals surface area contributed by atoms with Gasteiger partial charge in [-0.1, -0.05) is 82.8 Å². The Bertz CT molecular complexity index is 1330. The molecule has 3 aromatic rings. The van der Waals surface area contributed by atoms with Gasteiger partial charge in [-0.05, 0) is 81.8 Å². The highest BCUT2D eigenvalue weighted by molar-refractivity contribution is 5.90. The second-order valence-electron chi connectivity index (χ2n) is 10.3. The molecule has 2 aliphatic rings. The molecule has 1 N–H and O–H groups in total. The maximum absolute atomic E-state index is 4.13. The van der Waals surface area contributed by atoms with Crippen LogP contribution >= 0.6 is 0 Å². The van der Waals surface area contributed by atoms with Crippen LogP contribution in [0.1, 0.15) is 56.9 Å². The Morgan fingerprint density at radius 2 is 1.25 bits per heavy atom. The van der Waals surface area contributed by atoms with Crippen LogP contribution in [0.5, 0.6) is 0 Å². The van der Waals surface area contributed by atoms with Crippen LogP contribution in [-0.2, 0) is 10.8 Å². The minimum absolute atomic E-state index is 0.0166. The third-order valence-corrected chi connectivity index (χ3v) is 7.25. The van der Waals surface area contributed by atoms with Crippen molar-refractivity contribution in [2.24, 2.45) is 0 Å². The summed E-state index contributed by atoms with van der Waals surface area (Å²) in [6.07, 6.45) is 3.95. The SMILES string of the molecule is C=C(C)/C=C\C(=C)Nc1ccc2c(c1)C(C)(C)c1cc3c(cc1-2)C(C)(C)c1ccccc1-3. The van der Waals surface area contributed by atoms with Gasteiger partial charge in [-0.3, -0.25) is 0 Å². The number of anilines is 1. The molecule has 0 radical (unpaired) electrons. The van der Waals surface area contributed by atoms with Gasteiger partial charge in [-0.15, -0.1) is 0 Å². The molecule has 32 heavy (non-hydrogen) atoms. The van der Waals surface area contributed by atoms with Gasteiger partial charge >= 0.3 is 0 Å². The van der Waals surface area contributed by atoms with E-state index in [0.717, 1.165) is 17.0 Å². The molecule has 0 aromatic heterocycles. The van der Waals surface area contributed by atoms with Crippen LogP contribution in [0.15, 0.2) is 91.2 Å². The van der Waals surface area contributed by atoms with Gasteiger partial charge in [0, 0.05) is 22.2 Å². The molecule has 0 bridgehead atoms. The molecule has 0 fully saturated rings. The molecule has 2 aliphatic carbocycles. The van der Waals surface area contributed by atoms with Crippen LogP contribution in [0.4, 0.5) is 5.69 Å². The Kier molecular flexibility index (Phi) is 4.40. The molecule has 0 aliphatic heterocycles. The molecule has 1 heteroatoms. The van der Waals surface area contributed by atoms with E-state index in [4.69, 9.17) is 0 Å². The fourth-order valence-corrected chi connectivity index (χ4v) is 5.48. The predicted molar refractivity (Wildman–Crippen MR) is 138 cm³/mol. The van der Waals surface area contributed by atoms with E-state index in [-0.39, 0.29) is 10.8 Å². The maximum atomic E-state index is 4.13. The van der Waals surface area contributed by atoms with Gasteiger partial charge in [-0.25, -0.2) is 0 Å². The minimum atomic E-state index is -0.0616. The lowest BCUT2D eigenvalue weighted by molar-refractivity contribution is 0.652. The van der Waals surface area contributed by atoms with Gasteiger partial charge in [-0.2, -0.15) is 0 Å². The van der Waals surface area contributed by atoms with E-state index in [9.17, 15) is 0 Å². The molecule has 0 saturated heterocycles. The van der Waals surface area contributed by atoms with Gasteiger partial charge in [0.05, 0.1) is 0 Å². The van der Waals surface area contributed by atoms with Crippen molar-refractivity contribution in [1.29, 1.82) is 0 Å². The monoisotopic (exact) mass is 417 g/mol. The smallest absolute Gasteiger partial charge is 0.0387 e. The van der Waals surface area contributed by atoms with E-state index in [1.54, 1.807) is 0 Å². The van der Waals surface area contributed by atoms with E-state index in [2.05, 4.69) is 101 Å². The highest BCUT2D eigenvalue weighted by Crippen LogP contribution is 2.56. The van der Waals surface area contributed by atoms with Gasteiger partial charge in [0.25, 0.3) is 0 Å². The Morgan fingerprint density at radius 3 is 1.91 bits per heavy atom. The number of benzene rings is 3. The fraction of sp³-hybridized carbons (Fsp3) is 0.226. The summed E-state index contributed by atoms with van der Waals surface area (Å²) in [4.78, 5) is 0. The Morgan fingerprint density at radius 1 is 0.688 bits per heavy atom. The largest absolute Gasteiger partial charge is 0.356 e. The summed E-state index contributed by atoms with van der Waals surface area (Å²) in [7, 11) is 0. The highest BCUT2D eigenvalue weighted by Gasteiger charge is 2.41. The zero-order chi connectivity index (χ0) is 22.8. The summed E-state index contributed by atoms with van der Waals surface area (Å²) in [6.45, 7) is 19.4. The first-order valence-electron chi connectivity index (χ1n) is 11.3. The van der Waals surface area contributed by atoms with Crippen LogP contribution in [-0.4, -0.2) is 0 Å². The molecular formula is C31H31N. The molecule has 0 unspecified atom stereocenters. The van der Waals surface area contributed by atoms with Gasteiger partial charge < -0.3 is 5.32 Å². The summed E-state index contributed by atoms with van der Waals surface area (Å²) in [5.74, 6) is 0. The third-order valence-electron chi connectivity index (χ3n) is 7.25. The Hall–Kier alpha value is -3.32. The van der Waals surface area contributed by atoms with E-state index in [1.165, 1.54) is 44.5 Å². The Labute approximate surface area is 192 Å². The zero-order valence-electron chi connectivity index (χ0n) is 19.8. The van der Waals surface area contributed by atoms with Crippen LogP contribution in [0.2, 0.25) is 0 Å². The summed E-state index contributed by atoms with van der Waals surface area (Å²) < 4.78 is 0. The molecule has 1 nitrogen and oxygen atoms in total. The standard InChI is InChI=1S/C31H31N/c1-19(2)12-13-20(3)32-21-14-15-23-25-18-28-24(17-29(25)31(6,7)27(23)16-21)22-10-8-9-11-26(22)30(28,4)5/h8-18,32H,1,3H2,2,4-7H3/b13-12-. The molecule has 5 rings (SSSR count). The molecule has 0 heterocycles. The van der Waals surface area contributed by atoms with Crippen LogP contribution in [0.25, 0.3) is 22.3 Å². The van der Waals surface area contributed by atoms with Crippen molar-refractivity contribution in [2.45, 2.75) is 45.4 Å². The van der Waals surface area contributed by atoms with E-state index in [1.807, 2.05) is 19.1 Å². The van der Waals surface area contributed by atoms with Crippen LogP contribution in [0, 0.1) is 0 Å². The first kappa shape index (κ1) is 20.6. The van der Waals surface area contributed by atoms with Crippen molar-refractivity contribution in [3.05, 3.63) is 113 Å². The van der Waals surface area contributed by atoms with Crippen LogP contribution < -0.4 is 5.32 Å². The summed E-state index contributed by atoms with van der Waals surface area (Å²) in [6, 6.07) is 20.5. The topological polar surface area (TPSA) is 12.0 Å². The zero-order valence-corrected chi connectivity index (χ0v) is 19.8. The summed E-state index contributed by atoms with van der Waals surface area (Å²) >= 11 is 0. The summed E-state index contributed by atoms with van der Waals surface area (Å²) in [5.41, 5.74) is 14.0. The number of nitrogens with one attached hydrogen (secondary N) is 1. The molecule has 3 aromatic carbocycles. The average Bonchev–Trinajstić information content (AvgIpc) is 3.11. The van der Waals surface area contributed by atoms with Gasteiger partial charge in [0.15, 0.2) is 0 Å². The van der Waals surface area contributed by atoms with Gasteiger partial charge in [0.1, 0.15) is 0 Å². The number of allylic oxidation sites excluding steroid dienone is 3. The van der Waals surface area contributed by atoms with E-state index < -0.39 is 0 Å². The third kappa shape index (κ3) is 2.92. The van der Waals surface area contributed by atoms with Crippen molar-refractivity contribution in [3.63, 3.8) is 0 Å².